The highest BCUT2D eigenvalue weighted by Gasteiger charge is 2.36. The molecule has 2 aromatic carbocycles. The number of aliphatic hydroxyl groups is 1. The first kappa shape index (κ1) is 48.0. The van der Waals surface area contributed by atoms with E-state index in [0.717, 1.165) is 29.7 Å². The number of aliphatic imine (C=N–C) groups is 1. The summed E-state index contributed by atoms with van der Waals surface area (Å²) in [5, 5.41) is 10.2. The van der Waals surface area contributed by atoms with Crippen molar-refractivity contribution in [3.63, 3.8) is 0 Å². The van der Waals surface area contributed by atoms with Crippen molar-refractivity contribution in [3.8, 4) is 5.75 Å². The molecule has 0 spiro atoms. The van der Waals surface area contributed by atoms with Crippen molar-refractivity contribution >= 4 is 52.5 Å². The lowest BCUT2D eigenvalue weighted by Crippen LogP contribution is -2.37. The van der Waals surface area contributed by atoms with Crippen molar-refractivity contribution in [1.82, 2.24) is 28.2 Å². The lowest BCUT2D eigenvalue weighted by Gasteiger charge is -2.22. The summed E-state index contributed by atoms with van der Waals surface area (Å²) in [6, 6.07) is 16.1. The maximum absolute atomic E-state index is 13.7. The molecule has 0 saturated carbocycles. The van der Waals surface area contributed by atoms with Crippen molar-refractivity contribution < 1.29 is 38.6 Å². The number of hydrogen-bond acceptors (Lipinski definition) is 10. The lowest BCUT2D eigenvalue weighted by atomic mass is 10.1. The second kappa shape index (κ2) is 20.4. The van der Waals surface area contributed by atoms with Crippen LogP contribution < -0.4 is 9.64 Å². The summed E-state index contributed by atoms with van der Waals surface area (Å²) >= 11 is 0. The number of aromatic nitrogens is 5. The molecule has 1 atom stereocenters. The summed E-state index contributed by atoms with van der Waals surface area (Å²) in [4.78, 5) is 92.9. The molecule has 69 heavy (non-hydrogen) atoms. The topological polar surface area (TPSA) is 183 Å². The van der Waals surface area contributed by atoms with Gasteiger partial charge in [-0.2, -0.15) is 0 Å². The van der Waals surface area contributed by atoms with Crippen molar-refractivity contribution in [2.45, 2.75) is 77.4 Å². The summed E-state index contributed by atoms with van der Waals surface area (Å²) < 4.78 is 12.8. The van der Waals surface area contributed by atoms with Crippen molar-refractivity contribution in [3.05, 3.63) is 141 Å². The summed E-state index contributed by atoms with van der Waals surface area (Å²) in [6.07, 6.45) is 12.1. The van der Waals surface area contributed by atoms with Crippen LogP contribution in [0, 0.1) is 0 Å². The zero-order valence-corrected chi connectivity index (χ0v) is 40.0. The number of amides is 2. The maximum Gasteiger partial charge on any atom is 0.270 e. The third kappa shape index (κ3) is 10.4. The molecular weight excluding hydrogens is 877 g/mol. The number of rotatable bonds is 21. The van der Waals surface area contributed by atoms with Gasteiger partial charge in [0.1, 0.15) is 17.2 Å². The first-order valence-electron chi connectivity index (χ1n) is 23.3. The van der Waals surface area contributed by atoms with E-state index in [-0.39, 0.29) is 92.1 Å². The van der Waals surface area contributed by atoms with E-state index in [1.165, 1.54) is 0 Å². The number of aryl methyl sites for hydroxylation is 4. The second-order valence-corrected chi connectivity index (χ2v) is 18.2. The molecular formula is C53H58N8O8. The van der Waals surface area contributed by atoms with Gasteiger partial charge in [-0.25, -0.2) is 4.98 Å². The van der Waals surface area contributed by atoms with E-state index in [1.807, 2.05) is 24.3 Å². The van der Waals surface area contributed by atoms with Gasteiger partial charge in [-0.1, -0.05) is 31.5 Å². The van der Waals surface area contributed by atoms with Gasteiger partial charge in [0.05, 0.1) is 54.0 Å². The van der Waals surface area contributed by atoms with Crippen LogP contribution in [-0.4, -0.2) is 101 Å². The number of fused-ring (bicyclic) bond motifs is 4. The molecule has 16 heteroatoms. The van der Waals surface area contributed by atoms with Gasteiger partial charge in [-0.05, 0) is 65.4 Å². The number of Topliss-reactive ketones (excluding diaryl/α,β-unsaturated/α-hetero) is 4. The molecule has 2 amide bonds. The van der Waals surface area contributed by atoms with Gasteiger partial charge in [0, 0.05) is 122 Å². The second-order valence-electron chi connectivity index (χ2n) is 18.2. The summed E-state index contributed by atoms with van der Waals surface area (Å²) in [5.74, 6) is -0.351. The Bertz CT molecular complexity index is 3020. The minimum atomic E-state index is -0.339. The van der Waals surface area contributed by atoms with Crippen LogP contribution in [0.4, 0.5) is 11.4 Å². The molecule has 6 heterocycles. The van der Waals surface area contributed by atoms with E-state index in [1.54, 1.807) is 125 Å². The first-order valence-corrected chi connectivity index (χ1v) is 23.3. The highest BCUT2D eigenvalue weighted by atomic mass is 16.5. The highest BCUT2D eigenvalue weighted by molar-refractivity contribution is 6.14. The van der Waals surface area contributed by atoms with Crippen LogP contribution >= 0.6 is 0 Å². The third-order valence-electron chi connectivity index (χ3n) is 12.9. The van der Waals surface area contributed by atoms with Gasteiger partial charge < -0.3 is 33.0 Å². The number of ether oxygens (including phenoxy) is 1. The summed E-state index contributed by atoms with van der Waals surface area (Å²) in [7, 11) is 8.77. The van der Waals surface area contributed by atoms with Crippen LogP contribution in [0.1, 0.15) is 119 Å². The Hall–Kier alpha value is -7.46. The first-order chi connectivity index (χ1) is 33.1. The summed E-state index contributed by atoms with van der Waals surface area (Å²) in [6.45, 7) is 2.60. The quantitative estimate of drug-likeness (QED) is 0.0637. The largest absolute Gasteiger partial charge is 0.493 e. The van der Waals surface area contributed by atoms with Crippen LogP contribution in [0.2, 0.25) is 0 Å². The fraction of sp³-hybridized carbons (Fsp3) is 0.358. The van der Waals surface area contributed by atoms with Crippen LogP contribution in [0.15, 0.2) is 84.4 Å². The number of aliphatic hydroxyl groups excluding tert-OH is 1. The molecule has 2 aliphatic heterocycles. The Labute approximate surface area is 400 Å². The van der Waals surface area contributed by atoms with Crippen molar-refractivity contribution in [1.29, 1.82) is 0 Å². The van der Waals surface area contributed by atoms with Gasteiger partial charge in [0.15, 0.2) is 17.4 Å². The number of ketones is 4. The predicted molar refractivity (Wildman–Crippen MR) is 260 cm³/mol. The molecule has 16 nitrogen and oxygen atoms in total. The van der Waals surface area contributed by atoms with Gasteiger partial charge in [0.2, 0.25) is 5.78 Å². The minimum Gasteiger partial charge on any atom is -0.493 e. The van der Waals surface area contributed by atoms with E-state index in [4.69, 9.17) is 4.74 Å². The van der Waals surface area contributed by atoms with Gasteiger partial charge in [-0.15, -0.1) is 0 Å². The molecule has 1 unspecified atom stereocenters. The fourth-order valence-electron chi connectivity index (χ4n) is 9.32. The molecule has 2 aliphatic rings. The normalized spacial score (nSPS) is 13.8. The van der Waals surface area contributed by atoms with Gasteiger partial charge >= 0.3 is 0 Å². The Morgan fingerprint density at radius 2 is 1.41 bits per heavy atom. The molecule has 0 bridgehead atoms. The Kier molecular flexibility index (Phi) is 14.2. The average molecular weight is 935 g/mol. The molecule has 1 N–H and O–H groups in total. The van der Waals surface area contributed by atoms with E-state index in [2.05, 4.69) is 16.9 Å². The molecule has 358 valence electrons. The Morgan fingerprint density at radius 1 is 0.768 bits per heavy atom. The van der Waals surface area contributed by atoms with Crippen molar-refractivity contribution in [2.75, 3.05) is 25.1 Å². The van der Waals surface area contributed by atoms with E-state index in [0.29, 0.717) is 75.9 Å². The zero-order valence-electron chi connectivity index (χ0n) is 40.0. The monoisotopic (exact) mass is 934 g/mol. The third-order valence-corrected chi connectivity index (χ3v) is 12.9. The van der Waals surface area contributed by atoms with Crippen LogP contribution in [0.3, 0.4) is 0 Å². The SMILES string of the molecule is CCCCN(C)C(=O)c1cc(CC(=O)c2cc(CC(=O)c3nc(CC(=O)c4cc(CC(=O)CCCOc5cc6c(cc5CO)C(=O)N5c7ccccc7CC5C=N6)cn4C)cn3C)cn2C)cn1C. The summed E-state index contributed by atoms with van der Waals surface area (Å²) in [5.41, 5.74) is 7.11. The number of benzene rings is 2. The molecule has 0 radical (unpaired) electrons. The highest BCUT2D eigenvalue weighted by Crippen LogP contribution is 2.39. The van der Waals surface area contributed by atoms with Crippen LogP contribution in [0.25, 0.3) is 0 Å². The number of anilines is 1. The molecule has 0 saturated heterocycles. The van der Waals surface area contributed by atoms with Crippen molar-refractivity contribution in [2.24, 2.45) is 33.2 Å². The Balaban J connectivity index is 0.815. The molecule has 8 rings (SSSR count). The minimum absolute atomic E-state index is 0.000800. The predicted octanol–water partition coefficient (Wildman–Crippen LogP) is 6.33. The van der Waals surface area contributed by atoms with E-state index in [9.17, 15) is 33.9 Å². The Morgan fingerprint density at radius 3 is 2.10 bits per heavy atom. The number of hydrogen-bond donors (Lipinski definition) is 1. The molecule has 0 aliphatic carbocycles. The number of imidazole rings is 1. The number of para-hydroxylation sites is 1. The van der Waals surface area contributed by atoms with Gasteiger partial charge in [-0.3, -0.25) is 38.7 Å². The molecule has 0 fully saturated rings. The smallest absolute Gasteiger partial charge is 0.270 e. The number of carbonyl (C=O) groups excluding carboxylic acids is 6. The lowest BCUT2D eigenvalue weighted by molar-refractivity contribution is -0.118. The standard InChI is InChI=1S/C53H58N8O8/c1-7-8-15-56(2)53(68)46-20-35(30-59(46)5)21-47(64)44-19-34(29-58(44)4)22-49(66)51-55-38(31-60(51)6)25-48(65)45-18-33(28-57(45)3)17-40(63)13-11-16-69-50-26-42-41(24-37(50)32-62)52(67)61-39(27-54-42)23-36-12-9-10-14-43(36)61/h9-10,12,14,18-20,24,26-31,39,62H,7-8,11,13,15-17,21-23,25,32H2,1-6H3. The van der Waals surface area contributed by atoms with Crippen LogP contribution in [0.5, 0.6) is 5.75 Å². The zero-order chi connectivity index (χ0) is 49.1. The van der Waals surface area contributed by atoms with E-state index < -0.39 is 0 Å². The average Bonchev–Trinajstić information content (AvgIpc) is 4.14. The number of nitrogens with zero attached hydrogens (tertiary/aromatic N) is 8. The van der Waals surface area contributed by atoms with E-state index >= 15 is 0 Å². The van der Waals surface area contributed by atoms with Crippen LogP contribution in [-0.2, 0) is 71.7 Å². The molecule has 6 aromatic rings. The van der Waals surface area contributed by atoms with Gasteiger partial charge in [0.25, 0.3) is 11.8 Å². The fourth-order valence-corrected chi connectivity index (χ4v) is 9.32. The number of carbonyl (C=O) groups is 6. The number of unbranched alkanes of at least 4 members (excludes halogenated alkanes) is 1. The maximum atomic E-state index is 13.7. The molecule has 4 aromatic heterocycles.